The van der Waals surface area contributed by atoms with E-state index in [0.29, 0.717) is 10.9 Å². The van der Waals surface area contributed by atoms with Gasteiger partial charge in [0, 0.05) is 5.38 Å². The number of para-hydroxylation sites is 1. The maximum atomic E-state index is 12.8. The van der Waals surface area contributed by atoms with Crippen LogP contribution in [-0.4, -0.2) is 17.5 Å². The molecule has 0 radical (unpaired) electrons. The predicted octanol–water partition coefficient (Wildman–Crippen LogP) is 4.76. The second-order valence-corrected chi connectivity index (χ2v) is 6.46. The summed E-state index contributed by atoms with van der Waals surface area (Å²) in [5, 5.41) is 2.58. The van der Waals surface area contributed by atoms with Crippen LogP contribution >= 0.6 is 11.3 Å². The highest BCUT2D eigenvalue weighted by atomic mass is 32.1. The van der Waals surface area contributed by atoms with E-state index in [1.165, 1.54) is 16.9 Å². The van der Waals surface area contributed by atoms with Gasteiger partial charge in [-0.1, -0.05) is 37.3 Å². The minimum absolute atomic E-state index is 0.0427. The molecule has 3 aromatic rings. The minimum Gasteiger partial charge on any atom is -0.484 e. The molecule has 1 amide bonds. The average molecular weight is 352 g/mol. The summed E-state index contributed by atoms with van der Waals surface area (Å²) in [6.07, 6.45) is 0.977. The number of rotatable bonds is 6. The van der Waals surface area contributed by atoms with Crippen molar-refractivity contribution >= 4 is 28.1 Å². The van der Waals surface area contributed by atoms with E-state index < -0.39 is 0 Å². The quantitative estimate of drug-likeness (QED) is 0.642. The highest BCUT2D eigenvalue weighted by Gasteiger charge is 2.21. The molecule has 0 fully saturated rings. The number of aryl methyl sites for hydroxylation is 2. The number of thiazole rings is 1. The second kappa shape index (κ2) is 7.94. The van der Waals surface area contributed by atoms with Crippen LogP contribution in [0.2, 0.25) is 0 Å². The molecule has 25 heavy (non-hydrogen) atoms. The lowest BCUT2D eigenvalue weighted by molar-refractivity contribution is -0.119. The van der Waals surface area contributed by atoms with E-state index in [1.54, 1.807) is 4.90 Å². The van der Waals surface area contributed by atoms with Crippen LogP contribution < -0.4 is 9.64 Å². The summed E-state index contributed by atoms with van der Waals surface area (Å²) >= 11 is 1.45. The Hall–Kier alpha value is -2.66. The number of hydrogen-bond donors (Lipinski definition) is 0. The number of nitrogens with zero attached hydrogens (tertiary/aromatic N) is 2. The molecular weight excluding hydrogens is 332 g/mol. The zero-order chi connectivity index (χ0) is 17.6. The van der Waals surface area contributed by atoms with Crippen LogP contribution in [0.1, 0.15) is 18.2 Å². The number of amides is 1. The molecule has 1 heterocycles. The number of hydrogen-bond acceptors (Lipinski definition) is 4. The first-order chi connectivity index (χ1) is 12.2. The summed E-state index contributed by atoms with van der Waals surface area (Å²) in [4.78, 5) is 18.9. The van der Waals surface area contributed by atoms with Gasteiger partial charge >= 0.3 is 0 Å². The van der Waals surface area contributed by atoms with Gasteiger partial charge in [-0.3, -0.25) is 9.69 Å². The van der Waals surface area contributed by atoms with Crippen LogP contribution in [0.5, 0.6) is 5.75 Å². The highest BCUT2D eigenvalue weighted by Crippen LogP contribution is 2.28. The lowest BCUT2D eigenvalue weighted by Crippen LogP contribution is -2.30. The Bertz CT molecular complexity index is 828. The maximum absolute atomic E-state index is 12.8. The summed E-state index contributed by atoms with van der Waals surface area (Å²) < 4.78 is 5.68. The van der Waals surface area contributed by atoms with Crippen molar-refractivity contribution in [3.05, 3.63) is 71.2 Å². The molecule has 4 nitrogen and oxygen atoms in total. The molecule has 0 saturated carbocycles. The van der Waals surface area contributed by atoms with Gasteiger partial charge in [-0.2, -0.15) is 0 Å². The molecule has 5 heteroatoms. The molecule has 0 saturated heterocycles. The molecule has 3 rings (SSSR count). The average Bonchev–Trinajstić information content (AvgIpc) is 3.07. The zero-order valence-corrected chi connectivity index (χ0v) is 15.1. The van der Waals surface area contributed by atoms with Gasteiger partial charge in [0.05, 0.1) is 11.4 Å². The lowest BCUT2D eigenvalue weighted by Gasteiger charge is -2.20. The molecule has 2 aromatic carbocycles. The van der Waals surface area contributed by atoms with Crippen LogP contribution in [-0.2, 0) is 11.2 Å². The number of carbonyl (C=O) groups excluding carboxylic acids is 1. The van der Waals surface area contributed by atoms with Crippen LogP contribution in [0.15, 0.2) is 60.0 Å². The van der Waals surface area contributed by atoms with Crippen molar-refractivity contribution in [2.24, 2.45) is 0 Å². The van der Waals surface area contributed by atoms with E-state index in [1.807, 2.05) is 66.9 Å². The fourth-order valence-corrected chi connectivity index (χ4v) is 3.25. The van der Waals surface area contributed by atoms with Crippen molar-refractivity contribution in [2.45, 2.75) is 20.3 Å². The van der Waals surface area contributed by atoms with E-state index in [0.717, 1.165) is 17.8 Å². The molecule has 0 aliphatic heterocycles. The third kappa shape index (κ3) is 4.25. The summed E-state index contributed by atoms with van der Waals surface area (Å²) in [6, 6.07) is 17.3. The first-order valence-electron chi connectivity index (χ1n) is 8.19. The summed E-state index contributed by atoms with van der Waals surface area (Å²) in [7, 11) is 0. The number of anilines is 2. The van der Waals surface area contributed by atoms with Crippen LogP contribution in [0.4, 0.5) is 10.8 Å². The SMILES string of the molecule is CCc1ccc(OCC(=O)N(c2ccccc2)c2nc(C)cs2)cc1. The fourth-order valence-electron chi connectivity index (χ4n) is 2.41. The topological polar surface area (TPSA) is 42.4 Å². The Balaban J connectivity index is 1.77. The largest absolute Gasteiger partial charge is 0.484 e. The van der Waals surface area contributed by atoms with Crippen molar-refractivity contribution < 1.29 is 9.53 Å². The van der Waals surface area contributed by atoms with Crippen LogP contribution in [0.25, 0.3) is 0 Å². The third-order valence-corrected chi connectivity index (χ3v) is 4.70. The van der Waals surface area contributed by atoms with Crippen molar-refractivity contribution in [3.8, 4) is 5.75 Å². The molecule has 0 atom stereocenters. The van der Waals surface area contributed by atoms with Gasteiger partial charge in [0.25, 0.3) is 5.91 Å². The summed E-state index contributed by atoms with van der Waals surface area (Å²) in [5.41, 5.74) is 2.92. The van der Waals surface area contributed by atoms with E-state index in [2.05, 4.69) is 11.9 Å². The van der Waals surface area contributed by atoms with Crippen LogP contribution in [0.3, 0.4) is 0 Å². The van der Waals surface area contributed by atoms with Gasteiger partial charge in [-0.15, -0.1) is 11.3 Å². The Morgan fingerprint density at radius 3 is 2.44 bits per heavy atom. The van der Waals surface area contributed by atoms with Gasteiger partial charge < -0.3 is 4.74 Å². The smallest absolute Gasteiger partial charge is 0.271 e. The standard InChI is InChI=1S/C20H20N2O2S/c1-3-16-9-11-18(12-10-16)24-13-19(23)22(17-7-5-4-6-8-17)20-21-15(2)14-25-20/h4-12,14H,3,13H2,1-2H3. The van der Waals surface area contributed by atoms with Crippen molar-refractivity contribution in [3.63, 3.8) is 0 Å². The monoisotopic (exact) mass is 352 g/mol. The predicted molar refractivity (Wildman–Crippen MR) is 102 cm³/mol. The van der Waals surface area contributed by atoms with E-state index in [-0.39, 0.29) is 12.5 Å². The Morgan fingerprint density at radius 2 is 1.84 bits per heavy atom. The molecule has 0 N–H and O–H groups in total. The Morgan fingerprint density at radius 1 is 1.12 bits per heavy atom. The first kappa shape index (κ1) is 17.2. The minimum atomic E-state index is -0.153. The third-order valence-electron chi connectivity index (χ3n) is 3.76. The van der Waals surface area contributed by atoms with Gasteiger partial charge in [0.15, 0.2) is 11.7 Å². The van der Waals surface area contributed by atoms with Crippen molar-refractivity contribution in [1.82, 2.24) is 4.98 Å². The zero-order valence-electron chi connectivity index (χ0n) is 14.3. The molecule has 0 bridgehead atoms. The fraction of sp³-hybridized carbons (Fsp3) is 0.200. The highest BCUT2D eigenvalue weighted by molar-refractivity contribution is 7.14. The first-order valence-corrected chi connectivity index (χ1v) is 9.07. The summed E-state index contributed by atoms with van der Waals surface area (Å²) in [6.45, 7) is 3.98. The van der Waals surface area contributed by atoms with Gasteiger partial charge in [0.1, 0.15) is 5.75 Å². The molecule has 128 valence electrons. The van der Waals surface area contributed by atoms with E-state index in [4.69, 9.17) is 4.74 Å². The molecular formula is C20H20N2O2S. The van der Waals surface area contributed by atoms with E-state index >= 15 is 0 Å². The lowest BCUT2D eigenvalue weighted by atomic mass is 10.2. The molecule has 0 aliphatic carbocycles. The Kier molecular flexibility index (Phi) is 5.46. The molecule has 0 aliphatic rings. The van der Waals surface area contributed by atoms with Crippen molar-refractivity contribution in [1.29, 1.82) is 0 Å². The number of benzene rings is 2. The number of ether oxygens (including phenoxy) is 1. The maximum Gasteiger partial charge on any atom is 0.271 e. The van der Waals surface area contributed by atoms with Gasteiger partial charge in [-0.25, -0.2) is 4.98 Å². The van der Waals surface area contributed by atoms with Gasteiger partial charge in [-0.05, 0) is 43.2 Å². The van der Waals surface area contributed by atoms with E-state index in [9.17, 15) is 4.79 Å². The normalized spacial score (nSPS) is 10.5. The number of aromatic nitrogens is 1. The van der Waals surface area contributed by atoms with Crippen molar-refractivity contribution in [2.75, 3.05) is 11.5 Å². The Labute approximate surface area is 151 Å². The summed E-state index contributed by atoms with van der Waals surface area (Å²) in [5.74, 6) is 0.536. The second-order valence-electron chi connectivity index (χ2n) is 5.62. The molecule has 1 aromatic heterocycles. The number of carbonyl (C=O) groups is 1. The van der Waals surface area contributed by atoms with Gasteiger partial charge in [0.2, 0.25) is 0 Å². The van der Waals surface area contributed by atoms with Crippen LogP contribution in [0, 0.1) is 6.92 Å². The molecule has 0 unspecified atom stereocenters. The molecule has 0 spiro atoms.